The SMILES string of the molecule is CC(=O)NC(=Cc1ccccc1OCc1cccc(F)c1)C(=O)O. The van der Waals surface area contributed by atoms with Gasteiger partial charge in [-0.15, -0.1) is 0 Å². The lowest BCUT2D eigenvalue weighted by atomic mass is 10.1. The van der Waals surface area contributed by atoms with Gasteiger partial charge in [-0.25, -0.2) is 9.18 Å². The Morgan fingerprint density at radius 3 is 2.62 bits per heavy atom. The number of amides is 1. The van der Waals surface area contributed by atoms with Crippen molar-refractivity contribution in [2.24, 2.45) is 0 Å². The number of nitrogens with one attached hydrogen (secondary N) is 1. The maximum Gasteiger partial charge on any atom is 0.352 e. The molecule has 0 fully saturated rings. The molecule has 6 heteroatoms. The van der Waals surface area contributed by atoms with Crippen LogP contribution >= 0.6 is 0 Å². The van der Waals surface area contributed by atoms with E-state index in [1.807, 2.05) is 0 Å². The number of carboxylic acids is 1. The summed E-state index contributed by atoms with van der Waals surface area (Å²) in [7, 11) is 0. The van der Waals surface area contributed by atoms with Crippen LogP contribution in [0.25, 0.3) is 6.08 Å². The number of aliphatic carboxylic acids is 1. The van der Waals surface area contributed by atoms with E-state index in [1.54, 1.807) is 36.4 Å². The Hall–Kier alpha value is -3.15. The molecule has 0 saturated carbocycles. The van der Waals surface area contributed by atoms with E-state index in [-0.39, 0.29) is 18.1 Å². The fourth-order valence-electron chi connectivity index (χ4n) is 2.02. The van der Waals surface area contributed by atoms with Crippen molar-refractivity contribution < 1.29 is 23.8 Å². The highest BCUT2D eigenvalue weighted by molar-refractivity contribution is 5.96. The Morgan fingerprint density at radius 1 is 1.21 bits per heavy atom. The van der Waals surface area contributed by atoms with E-state index in [0.29, 0.717) is 16.9 Å². The lowest BCUT2D eigenvalue weighted by molar-refractivity contribution is -0.134. The molecule has 124 valence electrons. The van der Waals surface area contributed by atoms with Crippen LogP contribution < -0.4 is 10.1 Å². The van der Waals surface area contributed by atoms with Crippen molar-refractivity contribution in [1.29, 1.82) is 0 Å². The molecule has 0 aliphatic carbocycles. The predicted molar refractivity (Wildman–Crippen MR) is 86.6 cm³/mol. The predicted octanol–water partition coefficient (Wildman–Crippen LogP) is 2.97. The number of rotatable bonds is 6. The molecule has 0 aliphatic rings. The zero-order chi connectivity index (χ0) is 17.5. The van der Waals surface area contributed by atoms with Gasteiger partial charge in [-0.2, -0.15) is 0 Å². The molecule has 2 N–H and O–H groups in total. The number of hydrogen-bond donors (Lipinski definition) is 2. The number of halogens is 1. The van der Waals surface area contributed by atoms with Crippen molar-refractivity contribution in [3.63, 3.8) is 0 Å². The van der Waals surface area contributed by atoms with E-state index in [1.165, 1.54) is 25.1 Å². The summed E-state index contributed by atoms with van der Waals surface area (Å²) in [6, 6.07) is 12.8. The van der Waals surface area contributed by atoms with E-state index < -0.39 is 11.9 Å². The van der Waals surface area contributed by atoms with Crippen LogP contribution in [-0.2, 0) is 16.2 Å². The van der Waals surface area contributed by atoms with Gasteiger partial charge in [0, 0.05) is 12.5 Å². The quantitative estimate of drug-likeness (QED) is 0.799. The van der Waals surface area contributed by atoms with Gasteiger partial charge >= 0.3 is 5.97 Å². The van der Waals surface area contributed by atoms with Crippen molar-refractivity contribution >= 4 is 18.0 Å². The molecule has 0 radical (unpaired) electrons. The molecule has 0 heterocycles. The average Bonchev–Trinajstić information content (AvgIpc) is 2.53. The molecule has 24 heavy (non-hydrogen) atoms. The Kier molecular flexibility index (Phi) is 5.68. The van der Waals surface area contributed by atoms with Gasteiger partial charge in [-0.05, 0) is 29.8 Å². The summed E-state index contributed by atoms with van der Waals surface area (Å²) in [5, 5.41) is 11.4. The number of benzene rings is 2. The number of carboxylic acid groups (broad SMARTS) is 1. The van der Waals surface area contributed by atoms with Crippen molar-refractivity contribution in [2.45, 2.75) is 13.5 Å². The Morgan fingerprint density at radius 2 is 1.96 bits per heavy atom. The molecule has 0 unspecified atom stereocenters. The highest BCUT2D eigenvalue weighted by atomic mass is 19.1. The fraction of sp³-hybridized carbons (Fsp3) is 0.111. The lowest BCUT2D eigenvalue weighted by Gasteiger charge is -2.10. The van der Waals surface area contributed by atoms with Crippen molar-refractivity contribution in [2.75, 3.05) is 0 Å². The van der Waals surface area contributed by atoms with E-state index in [2.05, 4.69) is 5.32 Å². The summed E-state index contributed by atoms with van der Waals surface area (Å²) in [6.07, 6.45) is 1.31. The van der Waals surface area contributed by atoms with Gasteiger partial charge in [-0.1, -0.05) is 30.3 Å². The highest BCUT2D eigenvalue weighted by Crippen LogP contribution is 2.22. The third-order valence-electron chi connectivity index (χ3n) is 3.04. The van der Waals surface area contributed by atoms with Crippen LogP contribution in [0, 0.1) is 5.82 Å². The summed E-state index contributed by atoms with van der Waals surface area (Å²) < 4.78 is 18.8. The van der Waals surface area contributed by atoms with Crippen LogP contribution in [0.5, 0.6) is 5.75 Å². The first-order chi connectivity index (χ1) is 11.5. The molecule has 0 aliphatic heterocycles. The summed E-state index contributed by atoms with van der Waals surface area (Å²) in [5.41, 5.74) is 0.874. The van der Waals surface area contributed by atoms with Crippen LogP contribution in [0.4, 0.5) is 4.39 Å². The standard InChI is InChI=1S/C18H16FNO4/c1-12(21)20-16(18(22)23)10-14-6-2-3-8-17(14)24-11-13-5-4-7-15(19)9-13/h2-10H,11H2,1H3,(H,20,21)(H,22,23). The van der Waals surface area contributed by atoms with Gasteiger partial charge in [0.2, 0.25) is 5.91 Å². The van der Waals surface area contributed by atoms with Crippen LogP contribution in [-0.4, -0.2) is 17.0 Å². The van der Waals surface area contributed by atoms with Crippen molar-refractivity contribution in [3.8, 4) is 5.75 Å². The van der Waals surface area contributed by atoms with Gasteiger partial charge in [0.05, 0.1) is 0 Å². The maximum atomic E-state index is 13.2. The normalized spacial score (nSPS) is 11.0. The monoisotopic (exact) mass is 329 g/mol. The van der Waals surface area contributed by atoms with Crippen LogP contribution in [0.3, 0.4) is 0 Å². The number of para-hydroxylation sites is 1. The van der Waals surface area contributed by atoms with Crippen LogP contribution in [0.2, 0.25) is 0 Å². The number of carbonyl (C=O) groups excluding carboxylic acids is 1. The smallest absolute Gasteiger partial charge is 0.352 e. The summed E-state index contributed by atoms with van der Waals surface area (Å²) in [4.78, 5) is 22.3. The fourth-order valence-corrected chi connectivity index (χ4v) is 2.02. The number of ether oxygens (including phenoxy) is 1. The van der Waals surface area contributed by atoms with Crippen molar-refractivity contribution in [1.82, 2.24) is 5.32 Å². The van der Waals surface area contributed by atoms with Crippen molar-refractivity contribution in [3.05, 3.63) is 71.2 Å². The first-order valence-corrected chi connectivity index (χ1v) is 7.14. The molecular weight excluding hydrogens is 313 g/mol. The largest absolute Gasteiger partial charge is 0.488 e. The molecule has 2 aromatic carbocycles. The molecule has 0 bridgehead atoms. The summed E-state index contributed by atoms with van der Waals surface area (Å²) >= 11 is 0. The van der Waals surface area contributed by atoms with E-state index in [0.717, 1.165) is 0 Å². The second-order valence-corrected chi connectivity index (χ2v) is 5.00. The molecule has 0 atom stereocenters. The molecule has 2 rings (SSSR count). The highest BCUT2D eigenvalue weighted by Gasteiger charge is 2.11. The summed E-state index contributed by atoms with van der Waals surface area (Å²) in [5.74, 6) is -1.68. The minimum absolute atomic E-state index is 0.130. The third kappa shape index (κ3) is 4.95. The van der Waals surface area contributed by atoms with E-state index in [9.17, 15) is 14.0 Å². The molecular formula is C18H16FNO4. The third-order valence-corrected chi connectivity index (χ3v) is 3.04. The number of carbonyl (C=O) groups is 2. The Balaban J connectivity index is 2.23. The zero-order valence-corrected chi connectivity index (χ0v) is 13.0. The zero-order valence-electron chi connectivity index (χ0n) is 13.0. The molecule has 1 amide bonds. The maximum absolute atomic E-state index is 13.2. The first kappa shape index (κ1) is 17.2. The van der Waals surface area contributed by atoms with Gasteiger partial charge < -0.3 is 15.2 Å². The average molecular weight is 329 g/mol. The van der Waals surface area contributed by atoms with Gasteiger partial charge in [0.25, 0.3) is 0 Å². The second kappa shape index (κ2) is 7.92. The molecule has 0 spiro atoms. The number of hydrogen-bond acceptors (Lipinski definition) is 3. The lowest BCUT2D eigenvalue weighted by Crippen LogP contribution is -2.24. The van der Waals surface area contributed by atoms with E-state index in [4.69, 9.17) is 9.84 Å². The first-order valence-electron chi connectivity index (χ1n) is 7.14. The van der Waals surface area contributed by atoms with Gasteiger partial charge in [0.15, 0.2) is 0 Å². The van der Waals surface area contributed by atoms with Gasteiger partial charge in [0.1, 0.15) is 23.9 Å². The molecule has 0 aromatic heterocycles. The minimum Gasteiger partial charge on any atom is -0.488 e. The Bertz CT molecular complexity index is 786. The molecule has 5 nitrogen and oxygen atoms in total. The van der Waals surface area contributed by atoms with Crippen LogP contribution in [0.15, 0.2) is 54.2 Å². The summed E-state index contributed by atoms with van der Waals surface area (Å²) in [6.45, 7) is 1.36. The van der Waals surface area contributed by atoms with E-state index >= 15 is 0 Å². The van der Waals surface area contributed by atoms with Gasteiger partial charge in [-0.3, -0.25) is 4.79 Å². The van der Waals surface area contributed by atoms with Crippen LogP contribution in [0.1, 0.15) is 18.1 Å². The Labute approximate surface area is 138 Å². The second-order valence-electron chi connectivity index (χ2n) is 5.00. The minimum atomic E-state index is -1.26. The molecule has 2 aromatic rings. The molecule has 0 saturated heterocycles. The topological polar surface area (TPSA) is 75.6 Å².